The number of benzene rings is 2. The lowest BCUT2D eigenvalue weighted by Crippen LogP contribution is -2.50. The van der Waals surface area contributed by atoms with E-state index < -0.39 is 10.0 Å². The molecular formula is C22H18ClN3O3S2. The number of piperazine rings is 1. The third-order valence-electron chi connectivity index (χ3n) is 5.10. The Morgan fingerprint density at radius 1 is 0.968 bits per heavy atom. The standard InChI is InChI=1S/C22H18ClN3O3S2/c23-18-7-5-16(6-8-18)19-9-10-20(30-19)22(27)25-11-13-26(14-12-25)31(28,29)21-4-2-1-3-17(21)15-24/h1-10H,11-14H2. The molecule has 3 aromatic rings. The van der Waals surface area contributed by atoms with Crippen molar-refractivity contribution >= 4 is 38.9 Å². The zero-order chi connectivity index (χ0) is 22.0. The van der Waals surface area contributed by atoms with E-state index in [0.29, 0.717) is 23.0 Å². The van der Waals surface area contributed by atoms with Crippen LogP contribution in [-0.4, -0.2) is 49.7 Å². The minimum absolute atomic E-state index is 0.00291. The van der Waals surface area contributed by atoms with Gasteiger partial charge in [0.05, 0.1) is 15.3 Å². The van der Waals surface area contributed by atoms with Gasteiger partial charge in [0.15, 0.2) is 0 Å². The summed E-state index contributed by atoms with van der Waals surface area (Å²) in [4.78, 5) is 16.2. The van der Waals surface area contributed by atoms with Gasteiger partial charge in [-0.3, -0.25) is 4.79 Å². The van der Waals surface area contributed by atoms with E-state index in [4.69, 9.17) is 11.6 Å². The van der Waals surface area contributed by atoms with Crippen molar-refractivity contribution in [3.8, 4) is 16.5 Å². The summed E-state index contributed by atoms with van der Waals surface area (Å²) in [5.74, 6) is -0.111. The topological polar surface area (TPSA) is 81.5 Å². The summed E-state index contributed by atoms with van der Waals surface area (Å²) < 4.78 is 27.3. The average molecular weight is 472 g/mol. The SMILES string of the molecule is N#Cc1ccccc1S(=O)(=O)N1CCN(C(=O)c2ccc(-c3ccc(Cl)cc3)s2)CC1. The van der Waals surface area contributed by atoms with Crippen LogP contribution in [0.1, 0.15) is 15.2 Å². The Kier molecular flexibility index (Phi) is 6.12. The largest absolute Gasteiger partial charge is 0.335 e. The summed E-state index contributed by atoms with van der Waals surface area (Å²) >= 11 is 7.34. The molecule has 0 aliphatic carbocycles. The second-order valence-electron chi connectivity index (χ2n) is 6.98. The second kappa shape index (κ2) is 8.81. The van der Waals surface area contributed by atoms with Gasteiger partial charge < -0.3 is 4.90 Å². The summed E-state index contributed by atoms with van der Waals surface area (Å²) in [7, 11) is -3.79. The van der Waals surface area contributed by atoms with Gasteiger partial charge in [-0.2, -0.15) is 9.57 Å². The van der Waals surface area contributed by atoms with Crippen LogP contribution in [-0.2, 0) is 10.0 Å². The molecule has 6 nitrogen and oxygen atoms in total. The van der Waals surface area contributed by atoms with E-state index in [1.54, 1.807) is 23.1 Å². The Labute approximate surface area is 190 Å². The molecule has 158 valence electrons. The van der Waals surface area contributed by atoms with Gasteiger partial charge in [-0.05, 0) is 42.0 Å². The number of amides is 1. The first kappa shape index (κ1) is 21.5. The van der Waals surface area contributed by atoms with Crippen LogP contribution in [0.15, 0.2) is 65.6 Å². The number of hydrogen-bond acceptors (Lipinski definition) is 5. The van der Waals surface area contributed by atoms with E-state index >= 15 is 0 Å². The maximum Gasteiger partial charge on any atom is 0.264 e. The van der Waals surface area contributed by atoms with E-state index in [-0.39, 0.29) is 29.5 Å². The van der Waals surface area contributed by atoms with Crippen LogP contribution in [0.2, 0.25) is 5.02 Å². The minimum atomic E-state index is -3.79. The van der Waals surface area contributed by atoms with E-state index in [0.717, 1.165) is 10.4 Å². The van der Waals surface area contributed by atoms with Crippen molar-refractivity contribution < 1.29 is 13.2 Å². The molecule has 4 rings (SSSR count). The van der Waals surface area contributed by atoms with Crippen molar-refractivity contribution in [2.75, 3.05) is 26.2 Å². The van der Waals surface area contributed by atoms with Crippen LogP contribution in [0, 0.1) is 11.3 Å². The summed E-state index contributed by atoms with van der Waals surface area (Å²) in [6.45, 7) is 0.953. The molecule has 0 saturated carbocycles. The monoisotopic (exact) mass is 471 g/mol. The molecule has 1 aliphatic rings. The van der Waals surface area contributed by atoms with E-state index in [9.17, 15) is 18.5 Å². The Morgan fingerprint density at radius 2 is 1.65 bits per heavy atom. The van der Waals surface area contributed by atoms with Crippen molar-refractivity contribution in [2.45, 2.75) is 4.90 Å². The molecule has 0 unspecified atom stereocenters. The third-order valence-corrected chi connectivity index (χ3v) is 8.43. The lowest BCUT2D eigenvalue weighted by Gasteiger charge is -2.33. The number of carbonyl (C=O) groups excluding carboxylic acids is 1. The molecule has 1 aliphatic heterocycles. The van der Waals surface area contributed by atoms with Gasteiger partial charge in [0.1, 0.15) is 6.07 Å². The molecule has 0 radical (unpaired) electrons. The third kappa shape index (κ3) is 4.36. The van der Waals surface area contributed by atoms with Crippen LogP contribution in [0.25, 0.3) is 10.4 Å². The summed E-state index contributed by atoms with van der Waals surface area (Å²) in [6.07, 6.45) is 0. The summed E-state index contributed by atoms with van der Waals surface area (Å²) in [5, 5.41) is 9.88. The fraction of sp³-hybridized carbons (Fsp3) is 0.182. The van der Waals surface area contributed by atoms with E-state index in [1.807, 2.05) is 36.4 Å². The molecule has 1 fully saturated rings. The fourth-order valence-electron chi connectivity index (χ4n) is 3.43. The number of nitriles is 1. The normalized spacial score (nSPS) is 14.9. The predicted molar refractivity (Wildman–Crippen MR) is 121 cm³/mol. The molecule has 0 atom stereocenters. The van der Waals surface area contributed by atoms with E-state index in [1.165, 1.54) is 27.8 Å². The van der Waals surface area contributed by atoms with Crippen molar-refractivity contribution in [2.24, 2.45) is 0 Å². The number of thiophene rings is 1. The lowest BCUT2D eigenvalue weighted by molar-refractivity contribution is 0.0703. The molecule has 1 amide bonds. The minimum Gasteiger partial charge on any atom is -0.335 e. The van der Waals surface area contributed by atoms with Gasteiger partial charge in [0.25, 0.3) is 5.91 Å². The van der Waals surface area contributed by atoms with Gasteiger partial charge in [0.2, 0.25) is 10.0 Å². The highest BCUT2D eigenvalue weighted by atomic mass is 35.5. The zero-order valence-electron chi connectivity index (χ0n) is 16.4. The Balaban J connectivity index is 1.45. The van der Waals surface area contributed by atoms with Gasteiger partial charge in [0, 0.05) is 36.1 Å². The van der Waals surface area contributed by atoms with Crippen LogP contribution < -0.4 is 0 Å². The van der Waals surface area contributed by atoms with Crippen LogP contribution >= 0.6 is 22.9 Å². The van der Waals surface area contributed by atoms with Crippen molar-refractivity contribution in [1.29, 1.82) is 5.26 Å². The highest BCUT2D eigenvalue weighted by Gasteiger charge is 2.32. The maximum atomic E-state index is 13.0. The van der Waals surface area contributed by atoms with Gasteiger partial charge in [-0.15, -0.1) is 11.3 Å². The molecule has 0 bridgehead atoms. The summed E-state index contributed by atoms with van der Waals surface area (Å²) in [5.41, 5.74) is 1.11. The molecule has 2 aromatic carbocycles. The first-order chi connectivity index (χ1) is 14.9. The number of sulfonamides is 1. The molecule has 2 heterocycles. The molecule has 0 spiro atoms. The zero-order valence-corrected chi connectivity index (χ0v) is 18.8. The van der Waals surface area contributed by atoms with Gasteiger partial charge >= 0.3 is 0 Å². The molecule has 31 heavy (non-hydrogen) atoms. The van der Waals surface area contributed by atoms with Crippen LogP contribution in [0.5, 0.6) is 0 Å². The quantitative estimate of drug-likeness (QED) is 0.574. The Morgan fingerprint density at radius 3 is 2.32 bits per heavy atom. The van der Waals surface area contributed by atoms with Crippen molar-refractivity contribution in [3.63, 3.8) is 0 Å². The summed E-state index contributed by atoms with van der Waals surface area (Å²) in [6, 6.07) is 19.2. The van der Waals surface area contributed by atoms with Crippen molar-refractivity contribution in [1.82, 2.24) is 9.21 Å². The lowest BCUT2D eigenvalue weighted by atomic mass is 10.2. The fourth-order valence-corrected chi connectivity index (χ4v) is 6.10. The number of carbonyl (C=O) groups is 1. The maximum absolute atomic E-state index is 13.0. The number of rotatable bonds is 4. The van der Waals surface area contributed by atoms with E-state index in [2.05, 4.69) is 0 Å². The number of nitrogens with zero attached hydrogens (tertiary/aromatic N) is 3. The van der Waals surface area contributed by atoms with Crippen LogP contribution in [0.4, 0.5) is 0 Å². The predicted octanol–water partition coefficient (Wildman–Crippen LogP) is 4.09. The first-order valence-corrected chi connectivity index (χ1v) is 12.2. The Bertz CT molecular complexity index is 1260. The van der Waals surface area contributed by atoms with Gasteiger partial charge in [-0.25, -0.2) is 8.42 Å². The highest BCUT2D eigenvalue weighted by Crippen LogP contribution is 2.30. The van der Waals surface area contributed by atoms with Crippen LogP contribution in [0.3, 0.4) is 0 Å². The smallest absolute Gasteiger partial charge is 0.264 e. The average Bonchev–Trinajstić information content (AvgIpc) is 3.29. The molecule has 0 N–H and O–H groups in total. The molecule has 9 heteroatoms. The molecule has 1 saturated heterocycles. The molecule has 1 aromatic heterocycles. The second-order valence-corrected chi connectivity index (χ2v) is 10.4. The number of hydrogen-bond donors (Lipinski definition) is 0. The van der Waals surface area contributed by atoms with Crippen molar-refractivity contribution in [3.05, 3.63) is 76.1 Å². The Hall–Kier alpha value is -2.70. The number of halogens is 1. The van der Waals surface area contributed by atoms with Gasteiger partial charge in [-0.1, -0.05) is 35.9 Å². The highest BCUT2D eigenvalue weighted by molar-refractivity contribution is 7.89. The first-order valence-electron chi connectivity index (χ1n) is 9.54. The molecular weight excluding hydrogens is 454 g/mol.